The lowest BCUT2D eigenvalue weighted by atomic mass is 10.0. The highest BCUT2D eigenvalue weighted by Crippen LogP contribution is 2.24. The van der Waals surface area contributed by atoms with Gasteiger partial charge in [-0.15, -0.1) is 0 Å². The molecule has 0 amide bonds. The van der Waals surface area contributed by atoms with Crippen molar-refractivity contribution in [2.45, 2.75) is 6.42 Å². The second kappa shape index (κ2) is 6.55. The lowest BCUT2D eigenvalue weighted by Gasteiger charge is -2.20. The summed E-state index contributed by atoms with van der Waals surface area (Å²) in [4.78, 5) is 8.89. The summed E-state index contributed by atoms with van der Waals surface area (Å²) in [7, 11) is 4.19. The molecular weight excluding hydrogens is 308 g/mol. The largest absolute Gasteiger partial charge is 0.361 e. The van der Waals surface area contributed by atoms with Gasteiger partial charge in [0.05, 0.1) is 13.3 Å². The molecule has 0 bridgehead atoms. The Bertz CT molecular complexity index is 744. The van der Waals surface area contributed by atoms with Crippen LogP contribution in [0.3, 0.4) is 0 Å². The predicted molar refractivity (Wildman–Crippen MR) is 104 cm³/mol. The topological polar surface area (TPSA) is 13.0 Å². The summed E-state index contributed by atoms with van der Waals surface area (Å²) < 4.78 is 0. The quantitative estimate of drug-likeness (QED) is 0.847. The molecule has 0 saturated heterocycles. The van der Waals surface area contributed by atoms with Crippen molar-refractivity contribution < 1.29 is 0 Å². The van der Waals surface area contributed by atoms with Gasteiger partial charge in [-0.25, -0.2) is 0 Å². The van der Waals surface area contributed by atoms with Gasteiger partial charge in [-0.3, -0.25) is 0 Å². The zero-order chi connectivity index (χ0) is 17.2. The van der Waals surface area contributed by atoms with Gasteiger partial charge in [0.25, 0.3) is 0 Å². The zero-order valence-electron chi connectivity index (χ0n) is 14.8. The van der Waals surface area contributed by atoms with Gasteiger partial charge in [0.1, 0.15) is 0 Å². The van der Waals surface area contributed by atoms with Crippen LogP contribution < -0.4 is 9.80 Å². The molecular formula is C21H24N4. The van der Waals surface area contributed by atoms with E-state index in [2.05, 4.69) is 107 Å². The average Bonchev–Trinajstić information content (AvgIpc) is 3.24. The first-order valence-corrected chi connectivity index (χ1v) is 8.66. The van der Waals surface area contributed by atoms with Gasteiger partial charge in [0.15, 0.2) is 0 Å². The minimum atomic E-state index is 0.910. The third-order valence-electron chi connectivity index (χ3n) is 4.65. The molecule has 128 valence electrons. The third kappa shape index (κ3) is 3.48. The molecule has 2 aliphatic heterocycles. The molecule has 4 heteroatoms. The van der Waals surface area contributed by atoms with Crippen LogP contribution in [0.4, 0.5) is 11.4 Å². The summed E-state index contributed by atoms with van der Waals surface area (Å²) in [6.07, 6.45) is 9.43. The molecule has 0 fully saturated rings. The molecule has 4 rings (SSSR count). The highest BCUT2D eigenvalue weighted by Gasteiger charge is 2.12. The van der Waals surface area contributed by atoms with Crippen molar-refractivity contribution >= 4 is 11.4 Å². The number of rotatable bonds is 4. The van der Waals surface area contributed by atoms with Crippen LogP contribution in [0.1, 0.15) is 11.1 Å². The van der Waals surface area contributed by atoms with Gasteiger partial charge >= 0.3 is 0 Å². The zero-order valence-corrected chi connectivity index (χ0v) is 14.8. The van der Waals surface area contributed by atoms with Gasteiger partial charge in [-0.2, -0.15) is 0 Å². The van der Waals surface area contributed by atoms with E-state index in [-0.39, 0.29) is 0 Å². The van der Waals surface area contributed by atoms with Crippen LogP contribution in [0.25, 0.3) is 0 Å². The summed E-state index contributed by atoms with van der Waals surface area (Å²) in [5, 5.41) is 0. The van der Waals surface area contributed by atoms with E-state index < -0.39 is 0 Å². The number of anilines is 2. The van der Waals surface area contributed by atoms with Gasteiger partial charge in [-0.05, 0) is 41.8 Å². The molecule has 0 spiro atoms. The SMILES string of the molecule is CN1C=CN(c2cccc(Cc3cccc(N4C=CN(C)C4)c3)c2)C1. The molecule has 0 aromatic heterocycles. The number of hydrogen-bond donors (Lipinski definition) is 0. The molecule has 25 heavy (non-hydrogen) atoms. The minimum absolute atomic E-state index is 0.910. The van der Waals surface area contributed by atoms with Crippen LogP contribution in [0.2, 0.25) is 0 Å². The fourth-order valence-corrected chi connectivity index (χ4v) is 3.32. The molecule has 0 aliphatic carbocycles. The Hall–Kier alpha value is -2.88. The Labute approximate surface area is 149 Å². The third-order valence-corrected chi connectivity index (χ3v) is 4.65. The normalized spacial score (nSPS) is 16.4. The first-order chi connectivity index (χ1) is 12.2. The van der Waals surface area contributed by atoms with Gasteiger partial charge in [-0.1, -0.05) is 24.3 Å². The van der Waals surface area contributed by atoms with Crippen molar-refractivity contribution in [2.24, 2.45) is 0 Å². The highest BCUT2D eigenvalue weighted by atomic mass is 15.3. The first-order valence-electron chi connectivity index (χ1n) is 8.66. The maximum absolute atomic E-state index is 2.29. The summed E-state index contributed by atoms with van der Waals surface area (Å²) >= 11 is 0. The Morgan fingerprint density at radius 2 is 1.16 bits per heavy atom. The van der Waals surface area contributed by atoms with Crippen LogP contribution >= 0.6 is 0 Å². The first kappa shape index (κ1) is 15.6. The summed E-state index contributed by atoms with van der Waals surface area (Å²) in [5.74, 6) is 0. The van der Waals surface area contributed by atoms with E-state index in [1.807, 2.05) is 0 Å². The maximum Gasteiger partial charge on any atom is 0.0938 e. The van der Waals surface area contributed by atoms with E-state index in [1.54, 1.807) is 0 Å². The van der Waals surface area contributed by atoms with Crippen molar-refractivity contribution in [3.8, 4) is 0 Å². The van der Waals surface area contributed by atoms with Gasteiger partial charge in [0, 0.05) is 50.3 Å². The fourth-order valence-electron chi connectivity index (χ4n) is 3.32. The Morgan fingerprint density at radius 3 is 1.56 bits per heavy atom. The van der Waals surface area contributed by atoms with E-state index in [0.717, 1.165) is 19.8 Å². The highest BCUT2D eigenvalue weighted by molar-refractivity contribution is 5.55. The van der Waals surface area contributed by atoms with Crippen LogP contribution in [-0.4, -0.2) is 37.2 Å². The minimum Gasteiger partial charge on any atom is -0.361 e. The van der Waals surface area contributed by atoms with Crippen LogP contribution in [0.5, 0.6) is 0 Å². The van der Waals surface area contributed by atoms with E-state index in [1.165, 1.54) is 22.5 Å². The number of hydrogen-bond acceptors (Lipinski definition) is 4. The van der Waals surface area contributed by atoms with Gasteiger partial charge in [0.2, 0.25) is 0 Å². The van der Waals surface area contributed by atoms with Crippen molar-refractivity contribution in [2.75, 3.05) is 37.2 Å². The lowest BCUT2D eigenvalue weighted by Crippen LogP contribution is -2.21. The smallest absolute Gasteiger partial charge is 0.0938 e. The van der Waals surface area contributed by atoms with Crippen molar-refractivity contribution in [1.29, 1.82) is 0 Å². The molecule has 2 aromatic rings. The molecule has 2 heterocycles. The predicted octanol–water partition coefficient (Wildman–Crippen LogP) is 3.64. The summed E-state index contributed by atoms with van der Waals surface area (Å²) in [5.41, 5.74) is 5.18. The number of nitrogens with zero attached hydrogens (tertiary/aromatic N) is 4. The number of benzene rings is 2. The molecule has 0 radical (unpaired) electrons. The van der Waals surface area contributed by atoms with Crippen LogP contribution in [-0.2, 0) is 6.42 Å². The second-order valence-corrected chi connectivity index (χ2v) is 6.85. The van der Waals surface area contributed by atoms with Crippen molar-refractivity contribution in [3.63, 3.8) is 0 Å². The molecule has 2 aliphatic rings. The van der Waals surface area contributed by atoms with E-state index in [0.29, 0.717) is 0 Å². The molecule has 0 saturated carbocycles. The summed E-state index contributed by atoms with van der Waals surface area (Å²) in [6.45, 7) is 1.82. The maximum atomic E-state index is 2.29. The molecule has 4 nitrogen and oxygen atoms in total. The van der Waals surface area contributed by atoms with Crippen molar-refractivity contribution in [1.82, 2.24) is 9.80 Å². The fraction of sp³-hybridized carbons (Fsp3) is 0.238. The second-order valence-electron chi connectivity index (χ2n) is 6.85. The van der Waals surface area contributed by atoms with Crippen molar-refractivity contribution in [3.05, 3.63) is 84.5 Å². The van der Waals surface area contributed by atoms with E-state index in [9.17, 15) is 0 Å². The van der Waals surface area contributed by atoms with Gasteiger partial charge < -0.3 is 19.6 Å². The Kier molecular flexibility index (Phi) is 4.10. The molecule has 0 atom stereocenters. The molecule has 2 aromatic carbocycles. The lowest BCUT2D eigenvalue weighted by molar-refractivity contribution is 0.495. The Balaban J connectivity index is 1.51. The monoisotopic (exact) mass is 332 g/mol. The van der Waals surface area contributed by atoms with Crippen LogP contribution in [0.15, 0.2) is 73.3 Å². The standard InChI is InChI=1S/C21H24N4/c1-22-9-11-24(16-22)20-7-3-5-18(14-20)13-19-6-4-8-21(15-19)25-12-10-23(2)17-25/h3-12,14-15H,13,16-17H2,1-2H3. The van der Waals surface area contributed by atoms with E-state index in [4.69, 9.17) is 0 Å². The Morgan fingerprint density at radius 1 is 0.680 bits per heavy atom. The molecule has 0 unspecified atom stereocenters. The molecule has 0 N–H and O–H groups in total. The average molecular weight is 332 g/mol. The summed E-state index contributed by atoms with van der Waals surface area (Å²) in [6, 6.07) is 17.7. The van der Waals surface area contributed by atoms with Crippen LogP contribution in [0, 0.1) is 0 Å². The van der Waals surface area contributed by atoms with E-state index >= 15 is 0 Å².